The third-order valence-corrected chi connectivity index (χ3v) is 8.27. The summed E-state index contributed by atoms with van der Waals surface area (Å²) >= 11 is 0. The summed E-state index contributed by atoms with van der Waals surface area (Å²) in [5, 5.41) is 40.9. The standard InChI is InChI=1S/C28H32O13/c1-34-15-5-11(6-16(35-2)25(15)36-3)19-13-7-17-26(39-10-38-17)24(14(13)4-12-9-37-27(33)20(12)19)41-28-23(32)22(31)21(30)18(8-29)40-28/h5-7,12,18-23,28-32H,4,8-10H2,1-3H3/t12-,18+,19-,20+,21+,22-,23+,28-/m1/s1. The molecule has 0 aromatic heterocycles. The zero-order valence-corrected chi connectivity index (χ0v) is 22.6. The van der Waals surface area contributed by atoms with Gasteiger partial charge >= 0.3 is 5.97 Å². The van der Waals surface area contributed by atoms with Crippen LogP contribution < -0.4 is 28.4 Å². The summed E-state index contributed by atoms with van der Waals surface area (Å²) in [7, 11) is 4.52. The molecule has 2 aromatic carbocycles. The number of cyclic esters (lactones) is 1. The van der Waals surface area contributed by atoms with E-state index in [9.17, 15) is 25.2 Å². The molecule has 3 aliphatic heterocycles. The van der Waals surface area contributed by atoms with Gasteiger partial charge in [-0.25, -0.2) is 0 Å². The molecule has 4 aliphatic rings. The normalized spacial score (nSPS) is 31.6. The zero-order valence-electron chi connectivity index (χ0n) is 22.6. The molecule has 13 heteroatoms. The minimum Gasteiger partial charge on any atom is -0.493 e. The summed E-state index contributed by atoms with van der Waals surface area (Å²) in [6, 6.07) is 5.37. The summed E-state index contributed by atoms with van der Waals surface area (Å²) in [4.78, 5) is 13.1. The Labute approximate surface area is 235 Å². The maximum Gasteiger partial charge on any atom is 0.310 e. The number of aliphatic hydroxyl groups excluding tert-OH is 4. The van der Waals surface area contributed by atoms with Crippen molar-refractivity contribution >= 4 is 5.97 Å². The lowest BCUT2D eigenvalue weighted by molar-refractivity contribution is -0.277. The molecule has 1 aliphatic carbocycles. The molecule has 2 fully saturated rings. The van der Waals surface area contributed by atoms with E-state index in [4.69, 9.17) is 37.9 Å². The van der Waals surface area contributed by atoms with E-state index in [-0.39, 0.29) is 36.8 Å². The van der Waals surface area contributed by atoms with Crippen LogP contribution in [0, 0.1) is 11.8 Å². The van der Waals surface area contributed by atoms with Gasteiger partial charge in [0, 0.05) is 17.4 Å². The fourth-order valence-electron chi connectivity index (χ4n) is 6.26. The van der Waals surface area contributed by atoms with E-state index in [1.54, 1.807) is 18.2 Å². The second kappa shape index (κ2) is 10.7. The third-order valence-electron chi connectivity index (χ3n) is 8.27. The largest absolute Gasteiger partial charge is 0.493 e. The molecule has 0 spiro atoms. The first-order valence-electron chi connectivity index (χ1n) is 13.2. The van der Waals surface area contributed by atoms with E-state index in [2.05, 4.69) is 0 Å². The predicted molar refractivity (Wildman–Crippen MR) is 137 cm³/mol. The molecule has 8 atom stereocenters. The number of hydrogen-bond acceptors (Lipinski definition) is 13. The molecule has 2 saturated heterocycles. The lowest BCUT2D eigenvalue weighted by atomic mass is 9.67. The van der Waals surface area contributed by atoms with Gasteiger partial charge in [0.15, 0.2) is 23.0 Å². The van der Waals surface area contributed by atoms with Crippen LogP contribution in [0.2, 0.25) is 0 Å². The summed E-state index contributed by atoms with van der Waals surface area (Å²) in [5.74, 6) is 0.409. The molecule has 0 unspecified atom stereocenters. The summed E-state index contributed by atoms with van der Waals surface area (Å²) in [5.41, 5.74) is 2.07. The van der Waals surface area contributed by atoms with Crippen molar-refractivity contribution in [3.05, 3.63) is 34.9 Å². The van der Waals surface area contributed by atoms with Gasteiger partial charge in [-0.15, -0.1) is 0 Å². The molecule has 0 bridgehead atoms. The van der Waals surface area contributed by atoms with Crippen molar-refractivity contribution in [2.24, 2.45) is 11.8 Å². The Kier molecular flexibility index (Phi) is 7.24. The van der Waals surface area contributed by atoms with Crippen LogP contribution in [0.5, 0.6) is 34.5 Å². The summed E-state index contributed by atoms with van der Waals surface area (Å²) in [6.07, 6.45) is -7.06. The quantitative estimate of drug-likeness (QED) is 0.327. The molecule has 0 amide bonds. The van der Waals surface area contributed by atoms with E-state index in [1.807, 2.05) is 0 Å². The van der Waals surface area contributed by atoms with Gasteiger partial charge in [0.1, 0.15) is 24.4 Å². The first kappa shape index (κ1) is 27.7. The highest BCUT2D eigenvalue weighted by atomic mass is 16.7. The van der Waals surface area contributed by atoms with Gasteiger partial charge in [0.05, 0.1) is 40.5 Å². The molecule has 6 rings (SSSR count). The van der Waals surface area contributed by atoms with E-state index < -0.39 is 49.1 Å². The fourth-order valence-corrected chi connectivity index (χ4v) is 6.26. The maximum atomic E-state index is 13.1. The van der Waals surface area contributed by atoms with Crippen molar-refractivity contribution in [3.63, 3.8) is 0 Å². The lowest BCUT2D eigenvalue weighted by Crippen LogP contribution is -2.60. The minimum absolute atomic E-state index is 0.0903. The second-order valence-corrected chi connectivity index (χ2v) is 10.4. The van der Waals surface area contributed by atoms with Gasteiger partial charge in [0.25, 0.3) is 0 Å². The number of fused-ring (bicyclic) bond motifs is 3. The number of ether oxygens (including phenoxy) is 8. The Hall–Kier alpha value is -3.49. The molecule has 4 N–H and O–H groups in total. The molecule has 0 radical (unpaired) electrons. The number of aliphatic hydroxyl groups is 4. The number of carbonyl (C=O) groups is 1. The molecule has 2 aromatic rings. The third kappa shape index (κ3) is 4.39. The topological polar surface area (TPSA) is 172 Å². The highest BCUT2D eigenvalue weighted by Crippen LogP contribution is 2.56. The zero-order chi connectivity index (χ0) is 29.0. The first-order valence-corrected chi connectivity index (χ1v) is 13.2. The van der Waals surface area contributed by atoms with Gasteiger partial charge in [0.2, 0.25) is 24.6 Å². The number of hydrogen-bond donors (Lipinski definition) is 4. The average Bonchev–Trinajstić information content (AvgIpc) is 3.61. The van der Waals surface area contributed by atoms with Crippen molar-refractivity contribution in [2.45, 2.75) is 43.0 Å². The van der Waals surface area contributed by atoms with E-state index >= 15 is 0 Å². The van der Waals surface area contributed by atoms with E-state index in [0.717, 1.165) is 0 Å². The van der Waals surface area contributed by atoms with Crippen LogP contribution in [0.25, 0.3) is 0 Å². The Morgan fingerprint density at radius 1 is 0.902 bits per heavy atom. The van der Waals surface area contributed by atoms with Gasteiger partial charge in [-0.1, -0.05) is 0 Å². The van der Waals surface area contributed by atoms with Crippen molar-refractivity contribution in [2.75, 3.05) is 41.3 Å². The molecule has 0 saturated carbocycles. The van der Waals surface area contributed by atoms with E-state index in [0.29, 0.717) is 46.1 Å². The predicted octanol–water partition coefficient (Wildman–Crippen LogP) is 0.0970. The van der Waals surface area contributed by atoms with Crippen LogP contribution in [-0.4, -0.2) is 98.4 Å². The molecular formula is C28H32O13. The summed E-state index contributed by atoms with van der Waals surface area (Å²) in [6.45, 7) is -0.507. The molecular weight excluding hydrogens is 544 g/mol. The van der Waals surface area contributed by atoms with E-state index in [1.165, 1.54) is 21.3 Å². The summed E-state index contributed by atoms with van der Waals surface area (Å²) < 4.78 is 45.5. The highest BCUT2D eigenvalue weighted by Gasteiger charge is 2.51. The Bertz CT molecular complexity index is 1300. The minimum atomic E-state index is -1.64. The van der Waals surface area contributed by atoms with Crippen molar-refractivity contribution in [1.29, 1.82) is 0 Å². The molecule has 222 valence electrons. The van der Waals surface area contributed by atoms with Gasteiger partial charge in [-0.05, 0) is 35.7 Å². The van der Waals surface area contributed by atoms with Crippen LogP contribution in [0.1, 0.15) is 22.6 Å². The Balaban J connectivity index is 1.51. The fraction of sp³-hybridized carbons (Fsp3) is 0.536. The van der Waals surface area contributed by atoms with Crippen molar-refractivity contribution < 1.29 is 63.1 Å². The van der Waals surface area contributed by atoms with Crippen LogP contribution in [0.3, 0.4) is 0 Å². The van der Waals surface area contributed by atoms with Gasteiger partial charge in [-0.3, -0.25) is 4.79 Å². The molecule has 41 heavy (non-hydrogen) atoms. The smallest absolute Gasteiger partial charge is 0.310 e. The Morgan fingerprint density at radius 2 is 1.63 bits per heavy atom. The average molecular weight is 577 g/mol. The van der Waals surface area contributed by atoms with Crippen LogP contribution in [0.4, 0.5) is 0 Å². The number of rotatable bonds is 7. The van der Waals surface area contributed by atoms with Crippen molar-refractivity contribution in [1.82, 2.24) is 0 Å². The first-order chi connectivity index (χ1) is 19.8. The number of carbonyl (C=O) groups excluding carboxylic acids is 1. The monoisotopic (exact) mass is 576 g/mol. The SMILES string of the molecule is COc1cc([C@@H]2c3cc4c(c(O[C@H]5O[C@@H](CO)[C@H](O)[C@@H](O)[C@@H]5O)c3C[C@@H]3COC(=O)[C@@H]32)OCO4)cc(OC)c1OC. The number of methoxy groups -OCH3 is 3. The molecule has 13 nitrogen and oxygen atoms in total. The van der Waals surface area contributed by atoms with Crippen molar-refractivity contribution in [3.8, 4) is 34.5 Å². The van der Waals surface area contributed by atoms with Gasteiger partial charge < -0.3 is 58.3 Å². The number of esters is 1. The highest BCUT2D eigenvalue weighted by molar-refractivity contribution is 5.79. The van der Waals surface area contributed by atoms with Gasteiger partial charge in [-0.2, -0.15) is 0 Å². The lowest BCUT2D eigenvalue weighted by Gasteiger charge is -2.40. The molecule has 3 heterocycles. The second-order valence-electron chi connectivity index (χ2n) is 10.4. The maximum absolute atomic E-state index is 13.1. The van der Waals surface area contributed by atoms with Crippen LogP contribution >= 0.6 is 0 Å². The van der Waals surface area contributed by atoms with Crippen LogP contribution in [-0.2, 0) is 20.7 Å². The van der Waals surface area contributed by atoms with Crippen LogP contribution in [0.15, 0.2) is 18.2 Å². The number of benzene rings is 2. The Morgan fingerprint density at radius 3 is 2.29 bits per heavy atom.